The molecule has 1 unspecified atom stereocenters. The van der Waals surface area contributed by atoms with Gasteiger partial charge in [-0.05, 0) is 19.3 Å². The summed E-state index contributed by atoms with van der Waals surface area (Å²) in [5.74, 6) is 1.29. The van der Waals surface area contributed by atoms with Crippen molar-refractivity contribution in [3.8, 4) is 0 Å². The van der Waals surface area contributed by atoms with Gasteiger partial charge in [-0.25, -0.2) is 0 Å². The Morgan fingerprint density at radius 2 is 2.44 bits per heavy atom. The summed E-state index contributed by atoms with van der Waals surface area (Å²) in [6, 6.07) is 0. The van der Waals surface area contributed by atoms with Gasteiger partial charge in [0.2, 0.25) is 0 Å². The van der Waals surface area contributed by atoms with Crippen LogP contribution in [-0.2, 0) is 0 Å². The third-order valence-corrected chi connectivity index (χ3v) is 3.54. The second-order valence-corrected chi connectivity index (χ2v) is 4.08. The van der Waals surface area contributed by atoms with Crippen LogP contribution in [0.25, 0.3) is 0 Å². The molecule has 0 aromatic heterocycles. The highest BCUT2D eigenvalue weighted by molar-refractivity contribution is 8.00. The van der Waals surface area contributed by atoms with Crippen molar-refractivity contribution >= 4 is 11.8 Å². The van der Waals surface area contributed by atoms with E-state index in [9.17, 15) is 0 Å². The van der Waals surface area contributed by atoms with E-state index in [4.69, 9.17) is 0 Å². The van der Waals surface area contributed by atoms with E-state index in [2.05, 4.69) is 17.8 Å². The Labute approximate surface area is 60.7 Å². The SMILES string of the molecule is C1=C2CCCCC2SC1. The Morgan fingerprint density at radius 1 is 1.44 bits per heavy atom. The fourth-order valence-electron chi connectivity index (χ4n) is 1.70. The zero-order chi connectivity index (χ0) is 6.10. The Hall–Kier alpha value is 0.0900. The summed E-state index contributed by atoms with van der Waals surface area (Å²) in [5, 5.41) is 0.943. The second-order valence-electron chi connectivity index (χ2n) is 2.85. The van der Waals surface area contributed by atoms with Crippen LogP contribution in [0.2, 0.25) is 0 Å². The highest BCUT2D eigenvalue weighted by Crippen LogP contribution is 2.37. The summed E-state index contributed by atoms with van der Waals surface area (Å²) >= 11 is 2.13. The molecule has 1 aliphatic carbocycles. The van der Waals surface area contributed by atoms with Gasteiger partial charge in [-0.1, -0.05) is 18.1 Å². The number of rotatable bonds is 0. The first-order valence-electron chi connectivity index (χ1n) is 3.77. The first kappa shape index (κ1) is 5.84. The molecular weight excluding hydrogens is 128 g/mol. The maximum atomic E-state index is 2.44. The van der Waals surface area contributed by atoms with Crippen LogP contribution < -0.4 is 0 Å². The molecule has 0 radical (unpaired) electrons. The first-order valence-corrected chi connectivity index (χ1v) is 4.82. The van der Waals surface area contributed by atoms with E-state index in [1.807, 2.05) is 0 Å². The van der Waals surface area contributed by atoms with E-state index in [0.717, 1.165) is 5.25 Å². The van der Waals surface area contributed by atoms with Crippen LogP contribution in [0.15, 0.2) is 11.6 Å². The van der Waals surface area contributed by atoms with Gasteiger partial charge in [0.15, 0.2) is 0 Å². The van der Waals surface area contributed by atoms with Crippen molar-refractivity contribution in [3.05, 3.63) is 11.6 Å². The molecule has 1 saturated carbocycles. The fourth-order valence-corrected chi connectivity index (χ4v) is 3.00. The molecule has 0 amide bonds. The van der Waals surface area contributed by atoms with E-state index >= 15 is 0 Å². The minimum atomic E-state index is 0.943. The standard InChI is InChI=1S/C8H12S/c1-2-4-8-7(3-1)5-6-9-8/h5,8H,1-4,6H2. The van der Waals surface area contributed by atoms with E-state index in [-0.39, 0.29) is 0 Å². The summed E-state index contributed by atoms with van der Waals surface area (Å²) in [4.78, 5) is 0. The van der Waals surface area contributed by atoms with Gasteiger partial charge in [0.05, 0.1) is 0 Å². The summed E-state index contributed by atoms with van der Waals surface area (Å²) in [6.07, 6.45) is 8.21. The third-order valence-electron chi connectivity index (χ3n) is 2.24. The molecule has 0 N–H and O–H groups in total. The van der Waals surface area contributed by atoms with E-state index in [1.54, 1.807) is 5.57 Å². The molecule has 1 heterocycles. The zero-order valence-electron chi connectivity index (χ0n) is 5.60. The van der Waals surface area contributed by atoms with Gasteiger partial charge in [0, 0.05) is 11.0 Å². The molecule has 1 fully saturated rings. The van der Waals surface area contributed by atoms with Crippen molar-refractivity contribution in [1.82, 2.24) is 0 Å². The predicted molar refractivity (Wildman–Crippen MR) is 42.8 cm³/mol. The number of hydrogen-bond acceptors (Lipinski definition) is 1. The van der Waals surface area contributed by atoms with Gasteiger partial charge < -0.3 is 0 Å². The van der Waals surface area contributed by atoms with Crippen LogP contribution in [0.1, 0.15) is 25.7 Å². The quantitative estimate of drug-likeness (QED) is 0.466. The highest BCUT2D eigenvalue weighted by Gasteiger charge is 2.21. The maximum Gasteiger partial charge on any atom is 0.0259 e. The van der Waals surface area contributed by atoms with Crippen LogP contribution in [-0.4, -0.2) is 11.0 Å². The minimum Gasteiger partial charge on any atom is -0.150 e. The highest BCUT2D eigenvalue weighted by atomic mass is 32.2. The van der Waals surface area contributed by atoms with Gasteiger partial charge in [-0.15, -0.1) is 11.8 Å². The Kier molecular flexibility index (Phi) is 1.54. The minimum absolute atomic E-state index is 0.943. The van der Waals surface area contributed by atoms with Crippen molar-refractivity contribution in [1.29, 1.82) is 0 Å². The number of thioether (sulfide) groups is 1. The summed E-state index contributed by atoms with van der Waals surface area (Å²) in [7, 11) is 0. The number of fused-ring (bicyclic) bond motifs is 1. The van der Waals surface area contributed by atoms with Gasteiger partial charge in [0.1, 0.15) is 0 Å². The molecule has 50 valence electrons. The van der Waals surface area contributed by atoms with Crippen molar-refractivity contribution in [2.24, 2.45) is 0 Å². The maximum absolute atomic E-state index is 2.44. The molecule has 0 bridgehead atoms. The molecule has 0 saturated heterocycles. The topological polar surface area (TPSA) is 0 Å². The number of hydrogen-bond donors (Lipinski definition) is 0. The predicted octanol–water partition coefficient (Wildman–Crippen LogP) is 2.60. The lowest BCUT2D eigenvalue weighted by molar-refractivity contribution is 0.613. The average Bonchev–Trinajstić information content (AvgIpc) is 2.33. The van der Waals surface area contributed by atoms with Crippen molar-refractivity contribution in [3.63, 3.8) is 0 Å². The summed E-state index contributed by atoms with van der Waals surface area (Å²) in [6.45, 7) is 0. The smallest absolute Gasteiger partial charge is 0.0259 e. The first-order chi connectivity index (χ1) is 4.47. The third kappa shape index (κ3) is 1.03. The zero-order valence-corrected chi connectivity index (χ0v) is 6.41. The molecule has 1 heteroatoms. The van der Waals surface area contributed by atoms with Crippen LogP contribution >= 0.6 is 11.8 Å². The van der Waals surface area contributed by atoms with Crippen LogP contribution in [0.3, 0.4) is 0 Å². The van der Waals surface area contributed by atoms with Gasteiger partial charge in [-0.2, -0.15) is 0 Å². The van der Waals surface area contributed by atoms with E-state index in [0.29, 0.717) is 0 Å². The Morgan fingerprint density at radius 3 is 3.33 bits per heavy atom. The van der Waals surface area contributed by atoms with E-state index < -0.39 is 0 Å². The van der Waals surface area contributed by atoms with Crippen molar-refractivity contribution < 1.29 is 0 Å². The molecule has 9 heavy (non-hydrogen) atoms. The van der Waals surface area contributed by atoms with Gasteiger partial charge in [0.25, 0.3) is 0 Å². The molecule has 0 aromatic carbocycles. The molecule has 2 aliphatic rings. The second kappa shape index (κ2) is 2.37. The molecule has 0 spiro atoms. The van der Waals surface area contributed by atoms with Crippen molar-refractivity contribution in [2.45, 2.75) is 30.9 Å². The normalized spacial score (nSPS) is 33.8. The summed E-state index contributed by atoms with van der Waals surface area (Å²) < 4.78 is 0. The molecule has 0 nitrogen and oxygen atoms in total. The molecule has 0 aromatic rings. The van der Waals surface area contributed by atoms with Crippen LogP contribution in [0.5, 0.6) is 0 Å². The van der Waals surface area contributed by atoms with Crippen LogP contribution in [0.4, 0.5) is 0 Å². The molecule has 1 aliphatic heterocycles. The largest absolute Gasteiger partial charge is 0.150 e. The van der Waals surface area contributed by atoms with Gasteiger partial charge >= 0.3 is 0 Å². The lowest BCUT2D eigenvalue weighted by Crippen LogP contribution is -2.07. The molecule has 1 atom stereocenters. The molecular formula is C8H12S. The van der Waals surface area contributed by atoms with Crippen molar-refractivity contribution in [2.75, 3.05) is 5.75 Å². The summed E-state index contributed by atoms with van der Waals surface area (Å²) in [5.41, 5.74) is 1.76. The molecule has 2 rings (SSSR count). The van der Waals surface area contributed by atoms with Gasteiger partial charge in [-0.3, -0.25) is 0 Å². The Bertz CT molecular complexity index is 138. The monoisotopic (exact) mass is 140 g/mol. The van der Waals surface area contributed by atoms with Crippen LogP contribution in [0, 0.1) is 0 Å². The Balaban J connectivity index is 2.09. The average molecular weight is 140 g/mol. The lowest BCUT2D eigenvalue weighted by atomic mass is 9.95. The van der Waals surface area contributed by atoms with E-state index in [1.165, 1.54) is 31.4 Å². The lowest BCUT2D eigenvalue weighted by Gasteiger charge is -2.19. The fraction of sp³-hybridized carbons (Fsp3) is 0.750.